The van der Waals surface area contributed by atoms with Crippen LogP contribution in [0, 0.1) is 6.92 Å². The Morgan fingerprint density at radius 2 is 2.04 bits per heavy atom. The zero-order chi connectivity index (χ0) is 16.8. The first-order chi connectivity index (χ1) is 11.0. The molecule has 0 radical (unpaired) electrons. The van der Waals surface area contributed by atoms with Crippen molar-refractivity contribution in [3.8, 4) is 5.75 Å². The Labute approximate surface area is 141 Å². The first-order valence-electron chi connectivity index (χ1n) is 7.44. The zero-order valence-corrected chi connectivity index (χ0v) is 14.3. The first-order valence-corrected chi connectivity index (χ1v) is 7.82. The van der Waals surface area contributed by atoms with Crippen molar-refractivity contribution in [2.45, 2.75) is 26.3 Å². The SMILES string of the molecule is COc1cccc(CC(C)NC(=O)Nc2ccc(Cl)cc2C)c1. The van der Waals surface area contributed by atoms with Crippen molar-refractivity contribution in [1.82, 2.24) is 5.32 Å². The van der Waals surface area contributed by atoms with E-state index >= 15 is 0 Å². The van der Waals surface area contributed by atoms with Crippen LogP contribution < -0.4 is 15.4 Å². The number of carbonyl (C=O) groups excluding carboxylic acids is 1. The van der Waals surface area contributed by atoms with Crippen LogP contribution in [0.4, 0.5) is 10.5 Å². The Balaban J connectivity index is 1.91. The fraction of sp³-hybridized carbons (Fsp3) is 0.278. The molecule has 0 heterocycles. The molecule has 2 amide bonds. The lowest BCUT2D eigenvalue weighted by Gasteiger charge is -2.16. The van der Waals surface area contributed by atoms with Crippen molar-refractivity contribution in [3.63, 3.8) is 0 Å². The van der Waals surface area contributed by atoms with Gasteiger partial charge in [0.15, 0.2) is 0 Å². The van der Waals surface area contributed by atoms with E-state index in [0.29, 0.717) is 5.02 Å². The molecule has 2 rings (SSSR count). The van der Waals surface area contributed by atoms with Gasteiger partial charge in [0.05, 0.1) is 7.11 Å². The van der Waals surface area contributed by atoms with Crippen LogP contribution in [0.2, 0.25) is 5.02 Å². The highest BCUT2D eigenvalue weighted by Gasteiger charge is 2.10. The van der Waals surface area contributed by atoms with Crippen molar-refractivity contribution in [1.29, 1.82) is 0 Å². The van der Waals surface area contributed by atoms with Gasteiger partial charge in [-0.1, -0.05) is 23.7 Å². The van der Waals surface area contributed by atoms with E-state index in [-0.39, 0.29) is 12.1 Å². The van der Waals surface area contributed by atoms with E-state index < -0.39 is 0 Å². The Morgan fingerprint density at radius 3 is 2.74 bits per heavy atom. The van der Waals surface area contributed by atoms with E-state index in [2.05, 4.69) is 10.6 Å². The average Bonchev–Trinajstić information content (AvgIpc) is 2.50. The van der Waals surface area contributed by atoms with Gasteiger partial charge in [-0.25, -0.2) is 4.79 Å². The van der Waals surface area contributed by atoms with Gasteiger partial charge in [0.2, 0.25) is 0 Å². The monoisotopic (exact) mass is 332 g/mol. The van der Waals surface area contributed by atoms with E-state index in [9.17, 15) is 4.79 Å². The number of amides is 2. The molecule has 0 fully saturated rings. The molecular weight excluding hydrogens is 312 g/mol. The quantitative estimate of drug-likeness (QED) is 0.852. The summed E-state index contributed by atoms with van der Waals surface area (Å²) in [6, 6.07) is 13.0. The second-order valence-electron chi connectivity index (χ2n) is 5.51. The molecule has 122 valence electrons. The van der Waals surface area contributed by atoms with Crippen molar-refractivity contribution in [2.75, 3.05) is 12.4 Å². The minimum Gasteiger partial charge on any atom is -0.497 e. The van der Waals surface area contributed by atoms with Gasteiger partial charge < -0.3 is 15.4 Å². The third-order valence-corrected chi connectivity index (χ3v) is 3.73. The summed E-state index contributed by atoms with van der Waals surface area (Å²) in [4.78, 5) is 12.1. The molecule has 0 saturated carbocycles. The number of benzene rings is 2. The average molecular weight is 333 g/mol. The van der Waals surface area contributed by atoms with Crippen molar-refractivity contribution < 1.29 is 9.53 Å². The number of hydrogen-bond acceptors (Lipinski definition) is 2. The van der Waals surface area contributed by atoms with Gasteiger partial charge in [-0.05, 0) is 61.7 Å². The summed E-state index contributed by atoms with van der Waals surface area (Å²) in [6.45, 7) is 3.87. The Hall–Kier alpha value is -2.20. The minimum atomic E-state index is -0.231. The van der Waals surface area contributed by atoms with Gasteiger partial charge >= 0.3 is 6.03 Å². The van der Waals surface area contributed by atoms with E-state index in [1.807, 2.05) is 44.2 Å². The Morgan fingerprint density at radius 1 is 1.26 bits per heavy atom. The van der Waals surface area contributed by atoms with E-state index in [1.54, 1.807) is 19.2 Å². The van der Waals surface area contributed by atoms with Crippen LogP contribution in [-0.2, 0) is 6.42 Å². The normalized spacial score (nSPS) is 11.7. The number of halogens is 1. The molecule has 0 aliphatic rings. The Bertz CT molecular complexity index is 688. The smallest absolute Gasteiger partial charge is 0.319 e. The number of urea groups is 1. The lowest BCUT2D eigenvalue weighted by Crippen LogP contribution is -2.37. The maximum absolute atomic E-state index is 12.1. The summed E-state index contributed by atoms with van der Waals surface area (Å²) in [5.74, 6) is 0.816. The van der Waals surface area contributed by atoms with Gasteiger partial charge in [-0.3, -0.25) is 0 Å². The second kappa shape index (κ2) is 7.88. The molecule has 2 aromatic rings. The Kier molecular flexibility index (Phi) is 5.88. The lowest BCUT2D eigenvalue weighted by atomic mass is 10.1. The molecule has 23 heavy (non-hydrogen) atoms. The predicted octanol–water partition coefficient (Wildman–Crippen LogP) is 4.41. The number of aryl methyl sites for hydroxylation is 1. The second-order valence-corrected chi connectivity index (χ2v) is 5.95. The van der Waals surface area contributed by atoms with Crippen LogP contribution in [0.15, 0.2) is 42.5 Å². The topological polar surface area (TPSA) is 50.4 Å². The summed E-state index contributed by atoms with van der Waals surface area (Å²) >= 11 is 5.91. The third-order valence-electron chi connectivity index (χ3n) is 3.49. The summed E-state index contributed by atoms with van der Waals surface area (Å²) in [5.41, 5.74) is 2.79. The molecule has 1 unspecified atom stereocenters. The van der Waals surface area contributed by atoms with E-state index in [1.165, 1.54) is 0 Å². The number of rotatable bonds is 5. The molecule has 0 bridgehead atoms. The van der Waals surface area contributed by atoms with Crippen LogP contribution in [0.3, 0.4) is 0 Å². The number of nitrogens with one attached hydrogen (secondary N) is 2. The standard InChI is InChI=1S/C18H21ClN2O2/c1-12-9-15(19)7-8-17(12)21-18(22)20-13(2)10-14-5-4-6-16(11-14)23-3/h4-9,11,13H,10H2,1-3H3,(H2,20,21,22). The molecule has 4 nitrogen and oxygen atoms in total. The number of ether oxygens (including phenoxy) is 1. The van der Waals surface area contributed by atoms with Crippen molar-refractivity contribution in [2.24, 2.45) is 0 Å². The first kappa shape index (κ1) is 17.2. The van der Waals surface area contributed by atoms with Crippen molar-refractivity contribution in [3.05, 3.63) is 58.6 Å². The number of methoxy groups -OCH3 is 1. The summed E-state index contributed by atoms with van der Waals surface area (Å²) in [7, 11) is 1.64. The highest BCUT2D eigenvalue weighted by Crippen LogP contribution is 2.19. The van der Waals surface area contributed by atoms with Crippen molar-refractivity contribution >= 4 is 23.3 Å². The molecule has 2 N–H and O–H groups in total. The number of carbonyl (C=O) groups is 1. The number of hydrogen-bond donors (Lipinski definition) is 2. The largest absolute Gasteiger partial charge is 0.497 e. The molecule has 2 aromatic carbocycles. The molecule has 0 aromatic heterocycles. The molecule has 1 atom stereocenters. The zero-order valence-electron chi connectivity index (χ0n) is 13.5. The highest BCUT2D eigenvalue weighted by atomic mass is 35.5. The van der Waals surface area contributed by atoms with Crippen LogP contribution in [0.1, 0.15) is 18.1 Å². The van der Waals surface area contributed by atoms with E-state index in [0.717, 1.165) is 29.0 Å². The van der Waals surface area contributed by atoms with Gasteiger partial charge in [-0.2, -0.15) is 0 Å². The fourth-order valence-corrected chi connectivity index (χ4v) is 2.58. The fourth-order valence-electron chi connectivity index (χ4n) is 2.35. The number of anilines is 1. The van der Waals surface area contributed by atoms with Crippen LogP contribution in [0.5, 0.6) is 5.75 Å². The lowest BCUT2D eigenvalue weighted by molar-refractivity contribution is 0.249. The molecular formula is C18H21ClN2O2. The van der Waals surface area contributed by atoms with Crippen LogP contribution >= 0.6 is 11.6 Å². The summed E-state index contributed by atoms with van der Waals surface area (Å²) in [6.07, 6.45) is 0.726. The molecule has 0 spiro atoms. The van der Waals surface area contributed by atoms with Crippen LogP contribution in [0.25, 0.3) is 0 Å². The maximum Gasteiger partial charge on any atom is 0.319 e. The summed E-state index contributed by atoms with van der Waals surface area (Å²) < 4.78 is 5.21. The molecule has 0 aliphatic heterocycles. The predicted molar refractivity (Wildman–Crippen MR) is 94.5 cm³/mol. The molecule has 0 aliphatic carbocycles. The van der Waals surface area contributed by atoms with Crippen LogP contribution in [-0.4, -0.2) is 19.2 Å². The van der Waals surface area contributed by atoms with Gasteiger partial charge in [0.1, 0.15) is 5.75 Å². The van der Waals surface area contributed by atoms with Gasteiger partial charge in [-0.15, -0.1) is 0 Å². The van der Waals surface area contributed by atoms with Gasteiger partial charge in [0.25, 0.3) is 0 Å². The summed E-state index contributed by atoms with van der Waals surface area (Å²) in [5, 5.41) is 6.43. The maximum atomic E-state index is 12.1. The highest BCUT2D eigenvalue weighted by molar-refractivity contribution is 6.30. The molecule has 5 heteroatoms. The minimum absolute atomic E-state index is 0.00490. The third kappa shape index (κ3) is 5.18. The van der Waals surface area contributed by atoms with E-state index in [4.69, 9.17) is 16.3 Å². The van der Waals surface area contributed by atoms with Gasteiger partial charge in [0, 0.05) is 16.8 Å². The molecule has 0 saturated heterocycles.